The summed E-state index contributed by atoms with van der Waals surface area (Å²) in [7, 11) is 0. The molecule has 3 aromatic rings. The van der Waals surface area contributed by atoms with Crippen molar-refractivity contribution in [2.45, 2.75) is 13.0 Å². The van der Waals surface area contributed by atoms with Crippen molar-refractivity contribution in [2.75, 3.05) is 6.54 Å². The molecule has 0 saturated heterocycles. The van der Waals surface area contributed by atoms with E-state index in [0.717, 1.165) is 11.6 Å². The van der Waals surface area contributed by atoms with Crippen LogP contribution in [0.1, 0.15) is 11.1 Å². The highest BCUT2D eigenvalue weighted by atomic mass is 16.5. The summed E-state index contributed by atoms with van der Waals surface area (Å²) in [4.78, 5) is 50.8. The van der Waals surface area contributed by atoms with E-state index in [9.17, 15) is 19.2 Å². The van der Waals surface area contributed by atoms with E-state index in [1.807, 2.05) is 30.3 Å². The second-order valence-electron chi connectivity index (χ2n) is 5.44. The lowest BCUT2D eigenvalue weighted by Crippen LogP contribution is -2.28. The highest BCUT2D eigenvalue weighted by Gasteiger charge is 2.11. The summed E-state index contributed by atoms with van der Waals surface area (Å²) in [5.41, 5.74) is -1.16. The molecule has 0 aliphatic rings. The quantitative estimate of drug-likeness (QED) is 0.613. The fourth-order valence-corrected chi connectivity index (χ4v) is 2.45. The lowest BCUT2D eigenvalue weighted by atomic mass is 10.1. The molecular formula is C17H15N3O6. The van der Waals surface area contributed by atoms with E-state index in [1.165, 1.54) is 0 Å². The average molecular weight is 357 g/mol. The van der Waals surface area contributed by atoms with Gasteiger partial charge in [-0.2, -0.15) is 0 Å². The Kier molecular flexibility index (Phi) is 4.97. The maximum Gasteiger partial charge on any atom is 0.407 e. The summed E-state index contributed by atoms with van der Waals surface area (Å²) in [6, 6.07) is 10.3. The molecule has 3 N–H and O–H groups in total. The summed E-state index contributed by atoms with van der Waals surface area (Å²) in [6.07, 6.45) is -0.444. The van der Waals surface area contributed by atoms with Crippen molar-refractivity contribution in [3.05, 3.63) is 78.8 Å². The van der Waals surface area contributed by atoms with Gasteiger partial charge in [0.05, 0.1) is 0 Å². The second-order valence-corrected chi connectivity index (χ2v) is 5.44. The van der Waals surface area contributed by atoms with Gasteiger partial charge in [0, 0.05) is 12.6 Å². The van der Waals surface area contributed by atoms with Crippen molar-refractivity contribution in [1.29, 1.82) is 0 Å². The highest BCUT2D eigenvalue weighted by Crippen LogP contribution is 2.09. The number of benzene rings is 1. The zero-order chi connectivity index (χ0) is 18.5. The van der Waals surface area contributed by atoms with Gasteiger partial charge in [0.25, 0.3) is 5.56 Å². The minimum atomic E-state index is -0.773. The maximum atomic E-state index is 11.9. The van der Waals surface area contributed by atoms with Crippen LogP contribution in [-0.2, 0) is 17.8 Å². The van der Waals surface area contributed by atoms with Crippen LogP contribution in [0, 0.1) is 0 Å². The molecule has 0 aliphatic carbocycles. The number of rotatable bonds is 5. The largest absolute Gasteiger partial charge is 0.445 e. The first-order chi connectivity index (χ1) is 12.5. The number of hydrogen-bond acceptors (Lipinski definition) is 6. The molecule has 0 atom stereocenters. The Morgan fingerprint density at radius 1 is 1.12 bits per heavy atom. The van der Waals surface area contributed by atoms with Crippen LogP contribution in [0.15, 0.2) is 55.2 Å². The van der Waals surface area contributed by atoms with E-state index >= 15 is 0 Å². The van der Waals surface area contributed by atoms with Crippen LogP contribution < -0.4 is 22.2 Å². The van der Waals surface area contributed by atoms with Crippen LogP contribution in [-0.4, -0.2) is 22.6 Å². The Labute approximate surface area is 145 Å². The minimum absolute atomic E-state index is 0.0589. The molecule has 1 aromatic carbocycles. The van der Waals surface area contributed by atoms with Crippen molar-refractivity contribution < 1.29 is 13.9 Å². The molecule has 0 fully saturated rings. The van der Waals surface area contributed by atoms with Crippen LogP contribution in [0.5, 0.6) is 0 Å². The average Bonchev–Trinajstić information content (AvgIpc) is 2.59. The Morgan fingerprint density at radius 3 is 2.65 bits per heavy atom. The number of ether oxygens (including phenoxy) is 1. The van der Waals surface area contributed by atoms with Crippen molar-refractivity contribution in [3.63, 3.8) is 0 Å². The number of amides is 1. The molecule has 9 nitrogen and oxygen atoms in total. The molecule has 9 heteroatoms. The molecule has 1 amide bonds. The normalized spacial score (nSPS) is 10.6. The molecule has 134 valence electrons. The Balaban J connectivity index is 1.65. The Morgan fingerprint density at radius 2 is 1.88 bits per heavy atom. The fourth-order valence-electron chi connectivity index (χ4n) is 2.45. The third kappa shape index (κ3) is 4.07. The van der Waals surface area contributed by atoms with Gasteiger partial charge in [-0.25, -0.2) is 14.4 Å². The summed E-state index contributed by atoms with van der Waals surface area (Å²) < 4.78 is 9.91. The molecule has 0 radical (unpaired) electrons. The fraction of sp³-hybridized carbons (Fsp3) is 0.176. The van der Waals surface area contributed by atoms with Gasteiger partial charge in [-0.05, 0) is 17.5 Å². The SMILES string of the molecule is O=C(NCCc1cc(=O)oc2[nH]c(=O)[nH]c(=O)c12)OCc1ccccc1. The van der Waals surface area contributed by atoms with E-state index in [0.29, 0.717) is 5.56 Å². The predicted molar refractivity (Wildman–Crippen MR) is 92.1 cm³/mol. The minimum Gasteiger partial charge on any atom is -0.445 e. The molecule has 0 aliphatic heterocycles. The predicted octanol–water partition coefficient (Wildman–Crippen LogP) is 0.639. The maximum absolute atomic E-state index is 11.9. The third-order valence-electron chi connectivity index (χ3n) is 3.60. The van der Waals surface area contributed by atoms with Gasteiger partial charge >= 0.3 is 17.4 Å². The van der Waals surface area contributed by atoms with Crippen molar-refractivity contribution in [2.24, 2.45) is 0 Å². The number of carbonyl (C=O) groups is 1. The number of H-pyrrole nitrogens is 2. The summed E-state index contributed by atoms with van der Waals surface area (Å²) in [5.74, 6) is 0. The zero-order valence-corrected chi connectivity index (χ0v) is 13.5. The van der Waals surface area contributed by atoms with Crippen LogP contribution >= 0.6 is 0 Å². The lowest BCUT2D eigenvalue weighted by molar-refractivity contribution is 0.140. The summed E-state index contributed by atoms with van der Waals surface area (Å²) in [6.45, 7) is 0.260. The number of fused-ring (bicyclic) bond motifs is 1. The summed E-state index contributed by atoms with van der Waals surface area (Å²) >= 11 is 0. The monoisotopic (exact) mass is 357 g/mol. The van der Waals surface area contributed by atoms with Gasteiger partial charge in [0.15, 0.2) is 0 Å². The third-order valence-corrected chi connectivity index (χ3v) is 3.60. The van der Waals surface area contributed by atoms with Gasteiger partial charge in [-0.15, -0.1) is 0 Å². The van der Waals surface area contributed by atoms with E-state index < -0.39 is 23.0 Å². The van der Waals surface area contributed by atoms with Gasteiger partial charge < -0.3 is 14.5 Å². The highest BCUT2D eigenvalue weighted by molar-refractivity contribution is 5.75. The summed E-state index contributed by atoms with van der Waals surface area (Å²) in [5, 5.41) is 2.60. The zero-order valence-electron chi connectivity index (χ0n) is 13.5. The molecule has 0 spiro atoms. The number of hydrogen-bond donors (Lipinski definition) is 3. The van der Waals surface area contributed by atoms with Crippen LogP contribution in [0.4, 0.5) is 4.79 Å². The molecule has 2 aromatic heterocycles. The van der Waals surface area contributed by atoms with Crippen LogP contribution in [0.3, 0.4) is 0 Å². The van der Waals surface area contributed by atoms with E-state index in [-0.39, 0.29) is 30.7 Å². The molecule has 0 saturated carbocycles. The van der Waals surface area contributed by atoms with Gasteiger partial charge in [-0.3, -0.25) is 14.8 Å². The molecule has 26 heavy (non-hydrogen) atoms. The molecule has 2 heterocycles. The topological polar surface area (TPSA) is 134 Å². The lowest BCUT2D eigenvalue weighted by Gasteiger charge is -2.08. The molecular weight excluding hydrogens is 342 g/mol. The number of nitrogens with one attached hydrogen (secondary N) is 3. The molecule has 3 rings (SSSR count). The van der Waals surface area contributed by atoms with E-state index in [4.69, 9.17) is 9.15 Å². The first-order valence-electron chi connectivity index (χ1n) is 7.77. The van der Waals surface area contributed by atoms with E-state index in [1.54, 1.807) is 0 Å². The molecule has 0 bridgehead atoms. The number of alkyl carbamates (subject to hydrolysis) is 1. The Hall–Kier alpha value is -3.62. The molecule has 0 unspecified atom stereocenters. The van der Waals surface area contributed by atoms with Gasteiger partial charge in [0.1, 0.15) is 12.0 Å². The van der Waals surface area contributed by atoms with Crippen molar-refractivity contribution >= 4 is 17.2 Å². The van der Waals surface area contributed by atoms with Crippen molar-refractivity contribution in [3.8, 4) is 0 Å². The number of aromatic amines is 2. The number of carbonyl (C=O) groups excluding carboxylic acids is 1. The smallest absolute Gasteiger partial charge is 0.407 e. The first-order valence-corrected chi connectivity index (χ1v) is 7.77. The van der Waals surface area contributed by atoms with Gasteiger partial charge in [-0.1, -0.05) is 30.3 Å². The van der Waals surface area contributed by atoms with Crippen molar-refractivity contribution in [1.82, 2.24) is 15.3 Å². The number of aromatic nitrogens is 2. The van der Waals surface area contributed by atoms with E-state index in [2.05, 4.69) is 15.3 Å². The standard InChI is InChI=1S/C17H15N3O6/c21-12-8-11(13-14(22)19-16(23)20-15(13)26-12)6-7-18-17(24)25-9-10-4-2-1-3-5-10/h1-5,8H,6-7,9H2,(H,18,24)(H2,19,20,22,23). The van der Waals surface area contributed by atoms with Gasteiger partial charge in [0.2, 0.25) is 5.71 Å². The van der Waals surface area contributed by atoms with Crippen LogP contribution in [0.25, 0.3) is 11.1 Å². The Bertz CT molecular complexity index is 1090. The second kappa shape index (κ2) is 7.51. The first kappa shape index (κ1) is 17.2. The van der Waals surface area contributed by atoms with Crippen LogP contribution in [0.2, 0.25) is 0 Å².